The number of nitrogens with zero attached hydrogens (tertiary/aromatic N) is 5. The molecular formula is C26H38N6O. The van der Waals surface area contributed by atoms with E-state index in [0.717, 1.165) is 47.1 Å². The van der Waals surface area contributed by atoms with Gasteiger partial charge in [-0.05, 0) is 73.4 Å². The van der Waals surface area contributed by atoms with E-state index in [1.165, 1.54) is 12.8 Å². The lowest BCUT2D eigenvalue weighted by molar-refractivity contribution is 0.0791. The third kappa shape index (κ3) is 4.60. The summed E-state index contributed by atoms with van der Waals surface area (Å²) in [5, 5.41) is 14.1. The Labute approximate surface area is 196 Å². The van der Waals surface area contributed by atoms with Crippen LogP contribution >= 0.6 is 0 Å². The van der Waals surface area contributed by atoms with Gasteiger partial charge in [0.1, 0.15) is 0 Å². The number of rotatable bonds is 8. The Morgan fingerprint density at radius 3 is 2.64 bits per heavy atom. The molecule has 0 saturated heterocycles. The zero-order valence-electron chi connectivity index (χ0n) is 20.9. The number of benzene rings is 1. The Morgan fingerprint density at radius 2 is 1.97 bits per heavy atom. The van der Waals surface area contributed by atoms with Crippen LogP contribution in [0.2, 0.25) is 0 Å². The van der Waals surface area contributed by atoms with E-state index in [9.17, 15) is 4.79 Å². The number of aryl methyl sites for hydroxylation is 1. The van der Waals surface area contributed by atoms with Gasteiger partial charge in [0.2, 0.25) is 0 Å². The van der Waals surface area contributed by atoms with E-state index in [0.29, 0.717) is 18.5 Å². The first kappa shape index (κ1) is 23.6. The number of hydrogen-bond donors (Lipinski definition) is 1. The molecule has 1 N–H and O–H groups in total. The maximum Gasteiger partial charge on any atom is 0.252 e. The molecule has 1 saturated carbocycles. The number of para-hydroxylation sites is 1. The largest absolute Gasteiger partial charge is 0.321 e. The summed E-state index contributed by atoms with van der Waals surface area (Å²) in [5.74, 6) is 1.20. The van der Waals surface area contributed by atoms with Crippen LogP contribution in [0.4, 0.5) is 0 Å². The average molecular weight is 451 g/mol. The van der Waals surface area contributed by atoms with Crippen LogP contribution in [0.15, 0.2) is 29.1 Å². The molecule has 0 bridgehead atoms. The summed E-state index contributed by atoms with van der Waals surface area (Å²) < 4.78 is 2.01. The van der Waals surface area contributed by atoms with Gasteiger partial charge in [-0.2, -0.15) is 0 Å². The molecular weight excluding hydrogens is 412 g/mol. The Bertz CT molecular complexity index is 1160. The van der Waals surface area contributed by atoms with Crippen LogP contribution in [-0.2, 0) is 12.1 Å². The topological polar surface area (TPSA) is 79.7 Å². The fourth-order valence-corrected chi connectivity index (χ4v) is 5.22. The predicted molar refractivity (Wildman–Crippen MR) is 132 cm³/mol. The quantitative estimate of drug-likeness (QED) is 0.516. The standard InChI is InChI=1S/C26H38N6O/c1-7-26(5,6)32-24(28-29-30-32)23(17(2)3)31(21-13-8-9-14-21)16-20-15-19-12-10-11-18(4)22(19)27-25(20)33/h10-12,15,17,21,23H,7-9,13-14,16H2,1-6H3,(H,27,33). The number of pyridine rings is 1. The van der Waals surface area contributed by atoms with Gasteiger partial charge in [0, 0.05) is 18.2 Å². The monoisotopic (exact) mass is 450 g/mol. The SMILES string of the molecule is CCC(C)(C)n1nnnc1C(C(C)C)N(Cc1cc2cccc(C)c2[nH]c1=O)C1CCCC1. The van der Waals surface area contributed by atoms with Crippen molar-refractivity contribution in [2.24, 2.45) is 5.92 Å². The average Bonchev–Trinajstić information content (AvgIpc) is 3.47. The van der Waals surface area contributed by atoms with Gasteiger partial charge < -0.3 is 4.98 Å². The zero-order valence-corrected chi connectivity index (χ0v) is 20.9. The molecule has 1 atom stereocenters. The summed E-state index contributed by atoms with van der Waals surface area (Å²) >= 11 is 0. The lowest BCUT2D eigenvalue weighted by Gasteiger charge is -2.39. The highest BCUT2D eigenvalue weighted by molar-refractivity contribution is 5.81. The summed E-state index contributed by atoms with van der Waals surface area (Å²) in [6.07, 6.45) is 5.68. The highest BCUT2D eigenvalue weighted by atomic mass is 16.1. The number of fused-ring (bicyclic) bond motifs is 1. The van der Waals surface area contributed by atoms with Gasteiger partial charge in [-0.1, -0.05) is 51.8 Å². The molecule has 1 aliphatic rings. The van der Waals surface area contributed by atoms with Crippen molar-refractivity contribution in [3.05, 3.63) is 51.6 Å². The Kier molecular flexibility index (Phi) is 6.71. The molecule has 0 radical (unpaired) electrons. The Balaban J connectivity index is 1.79. The molecule has 0 aliphatic heterocycles. The molecule has 7 heteroatoms. The number of hydrogen-bond acceptors (Lipinski definition) is 5. The lowest BCUT2D eigenvalue weighted by atomic mass is 9.95. The normalized spacial score (nSPS) is 16.4. The van der Waals surface area contributed by atoms with Crippen LogP contribution < -0.4 is 5.56 Å². The van der Waals surface area contributed by atoms with E-state index in [-0.39, 0.29) is 17.1 Å². The van der Waals surface area contributed by atoms with Crippen LogP contribution in [0.1, 0.15) is 89.7 Å². The summed E-state index contributed by atoms with van der Waals surface area (Å²) in [6, 6.07) is 8.67. The zero-order chi connectivity index (χ0) is 23.8. The van der Waals surface area contributed by atoms with Gasteiger partial charge in [-0.15, -0.1) is 5.10 Å². The third-order valence-corrected chi connectivity index (χ3v) is 7.50. The molecule has 2 heterocycles. The van der Waals surface area contributed by atoms with Crippen molar-refractivity contribution in [3.63, 3.8) is 0 Å². The van der Waals surface area contributed by atoms with Crippen molar-refractivity contribution in [1.29, 1.82) is 0 Å². The van der Waals surface area contributed by atoms with Crippen LogP contribution in [0.3, 0.4) is 0 Å². The number of H-pyrrole nitrogens is 1. The van der Waals surface area contributed by atoms with Crippen molar-refractivity contribution < 1.29 is 0 Å². The molecule has 0 amide bonds. The van der Waals surface area contributed by atoms with Gasteiger partial charge in [0.15, 0.2) is 5.82 Å². The molecule has 1 aromatic carbocycles. The van der Waals surface area contributed by atoms with Gasteiger partial charge in [-0.25, -0.2) is 4.68 Å². The first-order chi connectivity index (χ1) is 15.7. The lowest BCUT2D eigenvalue weighted by Crippen LogP contribution is -2.42. The molecule has 1 unspecified atom stereocenters. The number of aromatic nitrogens is 5. The smallest absolute Gasteiger partial charge is 0.252 e. The van der Waals surface area contributed by atoms with E-state index in [2.05, 4.69) is 72.2 Å². The summed E-state index contributed by atoms with van der Waals surface area (Å²) in [5.41, 5.74) is 2.64. The Hall–Kier alpha value is -2.54. The first-order valence-electron chi connectivity index (χ1n) is 12.4. The van der Waals surface area contributed by atoms with Crippen molar-refractivity contribution in [1.82, 2.24) is 30.1 Å². The fourth-order valence-electron chi connectivity index (χ4n) is 5.22. The summed E-state index contributed by atoms with van der Waals surface area (Å²) in [4.78, 5) is 18.8. The van der Waals surface area contributed by atoms with Gasteiger partial charge in [0.25, 0.3) is 5.56 Å². The molecule has 1 aliphatic carbocycles. The van der Waals surface area contributed by atoms with Gasteiger partial charge in [0.05, 0.1) is 17.1 Å². The minimum Gasteiger partial charge on any atom is -0.321 e. The van der Waals surface area contributed by atoms with E-state index in [4.69, 9.17) is 0 Å². The second kappa shape index (κ2) is 9.37. The van der Waals surface area contributed by atoms with Crippen LogP contribution in [0, 0.1) is 12.8 Å². The molecule has 2 aromatic heterocycles. The first-order valence-corrected chi connectivity index (χ1v) is 12.4. The van der Waals surface area contributed by atoms with Crippen LogP contribution in [0.25, 0.3) is 10.9 Å². The van der Waals surface area contributed by atoms with Crippen LogP contribution in [-0.4, -0.2) is 36.1 Å². The highest BCUT2D eigenvalue weighted by Gasteiger charge is 2.37. The molecule has 4 rings (SSSR count). The van der Waals surface area contributed by atoms with Crippen LogP contribution in [0.5, 0.6) is 0 Å². The van der Waals surface area contributed by atoms with Crippen molar-refractivity contribution >= 4 is 10.9 Å². The van der Waals surface area contributed by atoms with Gasteiger partial charge >= 0.3 is 0 Å². The number of nitrogens with one attached hydrogen (secondary N) is 1. The van der Waals surface area contributed by atoms with E-state index < -0.39 is 0 Å². The molecule has 1 fully saturated rings. The maximum atomic E-state index is 13.2. The summed E-state index contributed by atoms with van der Waals surface area (Å²) in [6.45, 7) is 13.6. The second-order valence-corrected chi connectivity index (χ2v) is 10.6. The number of tetrazole rings is 1. The van der Waals surface area contributed by atoms with Crippen molar-refractivity contribution in [2.75, 3.05) is 0 Å². The van der Waals surface area contributed by atoms with E-state index in [1.54, 1.807) is 0 Å². The minimum absolute atomic E-state index is 0.00390. The minimum atomic E-state index is -0.175. The number of aromatic amines is 1. The third-order valence-electron chi connectivity index (χ3n) is 7.50. The Morgan fingerprint density at radius 1 is 1.24 bits per heavy atom. The van der Waals surface area contributed by atoms with E-state index in [1.807, 2.05) is 23.7 Å². The molecule has 3 aromatic rings. The van der Waals surface area contributed by atoms with Gasteiger partial charge in [-0.3, -0.25) is 9.69 Å². The fraction of sp³-hybridized carbons (Fsp3) is 0.615. The summed E-state index contributed by atoms with van der Waals surface area (Å²) in [7, 11) is 0. The van der Waals surface area contributed by atoms with E-state index >= 15 is 0 Å². The molecule has 178 valence electrons. The highest BCUT2D eigenvalue weighted by Crippen LogP contribution is 2.37. The predicted octanol–water partition coefficient (Wildman–Crippen LogP) is 5.11. The van der Waals surface area contributed by atoms with Crippen molar-refractivity contribution in [3.8, 4) is 0 Å². The molecule has 7 nitrogen and oxygen atoms in total. The maximum absolute atomic E-state index is 13.2. The molecule has 0 spiro atoms. The van der Waals surface area contributed by atoms with Crippen molar-refractivity contribution in [2.45, 2.75) is 97.8 Å². The molecule has 33 heavy (non-hydrogen) atoms. The second-order valence-electron chi connectivity index (χ2n) is 10.6.